The quantitative estimate of drug-likeness (QED) is 0.761. The normalized spacial score (nSPS) is 11.9. The SMILES string of the molecule is CCCCc1ccc(C(=O)NCC(OC)C(=O)O)cc1. The molecule has 1 amide bonds. The highest BCUT2D eigenvalue weighted by Crippen LogP contribution is 2.08. The third-order valence-electron chi connectivity index (χ3n) is 3.04. The van der Waals surface area contributed by atoms with Crippen LogP contribution in [0, 0.1) is 0 Å². The number of benzene rings is 1. The van der Waals surface area contributed by atoms with Crippen LogP contribution < -0.4 is 5.32 Å². The highest BCUT2D eigenvalue weighted by atomic mass is 16.5. The Morgan fingerprint density at radius 1 is 1.30 bits per heavy atom. The minimum absolute atomic E-state index is 0.0533. The predicted octanol–water partition coefficient (Wildman–Crippen LogP) is 1.86. The van der Waals surface area contributed by atoms with Crippen molar-refractivity contribution >= 4 is 11.9 Å². The van der Waals surface area contributed by atoms with Crippen LogP contribution in [0.1, 0.15) is 35.7 Å². The van der Waals surface area contributed by atoms with Crippen molar-refractivity contribution in [2.45, 2.75) is 32.3 Å². The number of hydrogen-bond acceptors (Lipinski definition) is 3. The highest BCUT2D eigenvalue weighted by Gasteiger charge is 2.17. The highest BCUT2D eigenvalue weighted by molar-refractivity contribution is 5.94. The fourth-order valence-electron chi connectivity index (χ4n) is 1.76. The molecule has 0 radical (unpaired) electrons. The Hall–Kier alpha value is -1.88. The van der Waals surface area contributed by atoms with Crippen molar-refractivity contribution in [3.8, 4) is 0 Å². The molecule has 0 saturated heterocycles. The van der Waals surface area contributed by atoms with E-state index in [4.69, 9.17) is 9.84 Å². The number of methoxy groups -OCH3 is 1. The van der Waals surface area contributed by atoms with E-state index in [1.54, 1.807) is 12.1 Å². The van der Waals surface area contributed by atoms with Gasteiger partial charge in [0.2, 0.25) is 0 Å². The molecule has 110 valence electrons. The van der Waals surface area contributed by atoms with Crippen LogP contribution in [-0.2, 0) is 16.0 Å². The number of carbonyl (C=O) groups excluding carboxylic acids is 1. The zero-order valence-corrected chi connectivity index (χ0v) is 11.9. The minimum Gasteiger partial charge on any atom is -0.479 e. The lowest BCUT2D eigenvalue weighted by Crippen LogP contribution is -2.37. The minimum atomic E-state index is -1.09. The summed E-state index contributed by atoms with van der Waals surface area (Å²) in [5.74, 6) is -1.39. The molecule has 1 aromatic rings. The standard InChI is InChI=1S/C15H21NO4/c1-3-4-5-11-6-8-12(9-7-11)14(17)16-10-13(20-2)15(18)19/h6-9,13H,3-5,10H2,1-2H3,(H,16,17)(H,18,19). The van der Waals surface area contributed by atoms with E-state index in [1.807, 2.05) is 12.1 Å². The molecule has 0 aliphatic carbocycles. The molecular formula is C15H21NO4. The van der Waals surface area contributed by atoms with Crippen LogP contribution in [0.2, 0.25) is 0 Å². The fourth-order valence-corrected chi connectivity index (χ4v) is 1.76. The van der Waals surface area contributed by atoms with Crippen LogP contribution in [0.25, 0.3) is 0 Å². The summed E-state index contributed by atoms with van der Waals surface area (Å²) in [7, 11) is 1.30. The first-order chi connectivity index (χ1) is 9.58. The van der Waals surface area contributed by atoms with Crippen LogP contribution >= 0.6 is 0 Å². The first-order valence-electron chi connectivity index (χ1n) is 6.71. The molecule has 0 saturated carbocycles. The van der Waals surface area contributed by atoms with Gasteiger partial charge < -0.3 is 15.2 Å². The van der Waals surface area contributed by atoms with Crippen molar-refractivity contribution in [2.24, 2.45) is 0 Å². The van der Waals surface area contributed by atoms with Gasteiger partial charge in [0.05, 0.1) is 6.54 Å². The Labute approximate surface area is 118 Å². The number of carboxylic acids is 1. The molecule has 1 aromatic carbocycles. The monoisotopic (exact) mass is 279 g/mol. The summed E-state index contributed by atoms with van der Waals surface area (Å²) < 4.78 is 4.75. The molecule has 0 spiro atoms. The van der Waals surface area contributed by atoms with E-state index in [1.165, 1.54) is 12.7 Å². The van der Waals surface area contributed by atoms with Gasteiger partial charge in [-0.3, -0.25) is 4.79 Å². The van der Waals surface area contributed by atoms with E-state index in [9.17, 15) is 9.59 Å². The molecule has 1 unspecified atom stereocenters. The summed E-state index contributed by atoms with van der Waals surface area (Å²) >= 11 is 0. The lowest BCUT2D eigenvalue weighted by atomic mass is 10.1. The zero-order chi connectivity index (χ0) is 15.0. The van der Waals surface area contributed by atoms with Crippen molar-refractivity contribution in [3.05, 3.63) is 35.4 Å². The molecule has 0 aromatic heterocycles. The average molecular weight is 279 g/mol. The smallest absolute Gasteiger partial charge is 0.334 e. The first-order valence-corrected chi connectivity index (χ1v) is 6.71. The summed E-state index contributed by atoms with van der Waals surface area (Å²) in [5.41, 5.74) is 1.72. The molecule has 2 N–H and O–H groups in total. The van der Waals surface area contributed by atoms with Crippen molar-refractivity contribution < 1.29 is 19.4 Å². The second-order valence-electron chi connectivity index (χ2n) is 4.57. The van der Waals surface area contributed by atoms with Crippen molar-refractivity contribution in [3.63, 3.8) is 0 Å². The van der Waals surface area contributed by atoms with Crippen LogP contribution in [-0.4, -0.2) is 36.7 Å². The van der Waals surface area contributed by atoms with E-state index < -0.39 is 12.1 Å². The number of carboxylic acid groups (broad SMARTS) is 1. The number of nitrogens with one attached hydrogen (secondary N) is 1. The van der Waals surface area contributed by atoms with Gasteiger partial charge in [-0.15, -0.1) is 0 Å². The third kappa shape index (κ3) is 5.01. The molecule has 5 nitrogen and oxygen atoms in total. The average Bonchev–Trinajstić information content (AvgIpc) is 2.45. The fraction of sp³-hybridized carbons (Fsp3) is 0.467. The molecule has 20 heavy (non-hydrogen) atoms. The molecule has 1 atom stereocenters. The number of rotatable bonds is 8. The molecular weight excluding hydrogens is 258 g/mol. The Morgan fingerprint density at radius 2 is 1.95 bits per heavy atom. The maximum Gasteiger partial charge on any atom is 0.334 e. The maximum absolute atomic E-state index is 11.9. The zero-order valence-electron chi connectivity index (χ0n) is 11.9. The summed E-state index contributed by atoms with van der Waals surface area (Å²) in [6.07, 6.45) is 2.24. The van der Waals surface area contributed by atoms with Gasteiger partial charge in [-0.1, -0.05) is 25.5 Å². The Balaban J connectivity index is 2.53. The number of aliphatic carboxylic acids is 1. The summed E-state index contributed by atoms with van der Waals surface area (Å²) in [6, 6.07) is 7.36. The summed E-state index contributed by atoms with van der Waals surface area (Å²) in [4.78, 5) is 22.6. The Bertz CT molecular complexity index is 442. The molecule has 0 aliphatic rings. The van der Waals surface area contributed by atoms with Crippen LogP contribution in [0.15, 0.2) is 24.3 Å². The molecule has 0 heterocycles. The third-order valence-corrected chi connectivity index (χ3v) is 3.04. The van der Waals surface area contributed by atoms with Gasteiger partial charge in [-0.2, -0.15) is 0 Å². The molecule has 0 bridgehead atoms. The van der Waals surface area contributed by atoms with Gasteiger partial charge >= 0.3 is 5.97 Å². The number of hydrogen-bond donors (Lipinski definition) is 2. The molecule has 5 heteroatoms. The van der Waals surface area contributed by atoms with E-state index in [2.05, 4.69) is 12.2 Å². The summed E-state index contributed by atoms with van der Waals surface area (Å²) in [5, 5.41) is 11.3. The van der Waals surface area contributed by atoms with Gasteiger partial charge in [0.15, 0.2) is 6.10 Å². The topological polar surface area (TPSA) is 75.6 Å². The van der Waals surface area contributed by atoms with E-state index >= 15 is 0 Å². The first kappa shape index (κ1) is 16.2. The largest absolute Gasteiger partial charge is 0.479 e. The van der Waals surface area contributed by atoms with E-state index in [0.29, 0.717) is 5.56 Å². The molecule has 0 aliphatic heterocycles. The second kappa shape index (κ2) is 8.32. The van der Waals surface area contributed by atoms with Crippen molar-refractivity contribution in [2.75, 3.05) is 13.7 Å². The Kier molecular flexibility index (Phi) is 6.73. The lowest BCUT2D eigenvalue weighted by molar-refractivity contribution is -0.148. The Morgan fingerprint density at radius 3 is 2.45 bits per heavy atom. The van der Waals surface area contributed by atoms with Gasteiger partial charge in [0, 0.05) is 12.7 Å². The van der Waals surface area contributed by atoms with Gasteiger partial charge in [-0.25, -0.2) is 4.79 Å². The van der Waals surface area contributed by atoms with Gasteiger partial charge in [-0.05, 0) is 30.5 Å². The number of aryl methyl sites for hydroxylation is 1. The molecule has 0 fully saturated rings. The number of carbonyl (C=O) groups is 2. The van der Waals surface area contributed by atoms with Gasteiger partial charge in [0.1, 0.15) is 0 Å². The number of unbranched alkanes of at least 4 members (excludes halogenated alkanes) is 1. The number of ether oxygens (including phenoxy) is 1. The number of amides is 1. The van der Waals surface area contributed by atoms with E-state index in [-0.39, 0.29) is 12.5 Å². The van der Waals surface area contributed by atoms with Crippen LogP contribution in [0.3, 0.4) is 0 Å². The van der Waals surface area contributed by atoms with Crippen molar-refractivity contribution in [1.82, 2.24) is 5.32 Å². The molecule has 1 rings (SSSR count). The van der Waals surface area contributed by atoms with Gasteiger partial charge in [0.25, 0.3) is 5.91 Å². The lowest BCUT2D eigenvalue weighted by Gasteiger charge is -2.11. The van der Waals surface area contributed by atoms with E-state index in [0.717, 1.165) is 19.3 Å². The summed E-state index contributed by atoms with van der Waals surface area (Å²) in [6.45, 7) is 2.08. The van der Waals surface area contributed by atoms with Crippen molar-refractivity contribution in [1.29, 1.82) is 0 Å². The maximum atomic E-state index is 11.9. The van der Waals surface area contributed by atoms with Crippen LogP contribution in [0.4, 0.5) is 0 Å². The second-order valence-corrected chi connectivity index (χ2v) is 4.57. The van der Waals surface area contributed by atoms with Crippen LogP contribution in [0.5, 0.6) is 0 Å². The predicted molar refractivity (Wildman–Crippen MR) is 75.8 cm³/mol.